The maximum atomic E-state index is 13.3. The number of rotatable bonds is 5. The van der Waals surface area contributed by atoms with Crippen molar-refractivity contribution in [2.75, 3.05) is 11.9 Å². The van der Waals surface area contributed by atoms with Gasteiger partial charge in [-0.2, -0.15) is 0 Å². The van der Waals surface area contributed by atoms with Gasteiger partial charge in [-0.05, 0) is 35.2 Å². The highest BCUT2D eigenvalue weighted by Gasteiger charge is 2.35. The lowest BCUT2D eigenvalue weighted by Gasteiger charge is -2.25. The van der Waals surface area contributed by atoms with Crippen molar-refractivity contribution in [1.29, 1.82) is 0 Å². The van der Waals surface area contributed by atoms with Crippen molar-refractivity contribution in [2.45, 2.75) is 24.7 Å². The normalized spacial score (nSPS) is 18.9. The smallest absolute Gasteiger partial charge is 0.264 e. The van der Waals surface area contributed by atoms with Crippen molar-refractivity contribution >= 4 is 28.4 Å². The van der Waals surface area contributed by atoms with E-state index >= 15 is 0 Å². The van der Waals surface area contributed by atoms with Crippen molar-refractivity contribution in [2.24, 2.45) is 5.73 Å². The van der Waals surface area contributed by atoms with E-state index in [4.69, 9.17) is 5.73 Å². The number of nitrogens with zero attached hydrogens (tertiary/aromatic N) is 1. The minimum Gasteiger partial charge on any atom is -0.361 e. The Bertz CT molecular complexity index is 1330. The van der Waals surface area contributed by atoms with Gasteiger partial charge < -0.3 is 20.9 Å². The summed E-state index contributed by atoms with van der Waals surface area (Å²) in [5.41, 5.74) is 11.0. The number of hydrogen-bond donors (Lipinski definition) is 4. The van der Waals surface area contributed by atoms with E-state index in [1.54, 1.807) is 11.9 Å². The Morgan fingerprint density at radius 1 is 1.03 bits per heavy atom. The van der Waals surface area contributed by atoms with Gasteiger partial charge in [-0.3, -0.25) is 14.9 Å². The highest BCUT2D eigenvalue weighted by molar-refractivity contribution is 6.00. The molecule has 7 heteroatoms. The van der Waals surface area contributed by atoms with Crippen LogP contribution in [0.5, 0.6) is 0 Å². The molecule has 3 atom stereocenters. The number of nitrogens with one attached hydrogen (secondary N) is 3. The summed E-state index contributed by atoms with van der Waals surface area (Å²) < 4.78 is 0. The molecule has 0 saturated carbocycles. The summed E-state index contributed by atoms with van der Waals surface area (Å²) in [6.45, 7) is 0. The number of fused-ring (bicyclic) bond motifs is 2. The van der Waals surface area contributed by atoms with Gasteiger partial charge in [0.25, 0.3) is 5.91 Å². The van der Waals surface area contributed by atoms with E-state index in [0.29, 0.717) is 6.42 Å². The third-order valence-electron chi connectivity index (χ3n) is 6.39. The largest absolute Gasteiger partial charge is 0.361 e. The molecule has 0 spiro atoms. The third-order valence-corrected chi connectivity index (χ3v) is 6.39. The first-order chi connectivity index (χ1) is 16.5. The van der Waals surface area contributed by atoms with Crippen LogP contribution >= 0.6 is 0 Å². The van der Waals surface area contributed by atoms with E-state index < -0.39 is 12.2 Å². The number of carbonyl (C=O) groups is 2. The average Bonchev–Trinajstić information content (AvgIpc) is 3.24. The lowest BCUT2D eigenvalue weighted by molar-refractivity contribution is -0.128. The second-order valence-electron chi connectivity index (χ2n) is 8.58. The fourth-order valence-electron chi connectivity index (χ4n) is 4.58. The Hall–Kier alpha value is -3.94. The molecule has 3 aromatic carbocycles. The van der Waals surface area contributed by atoms with Crippen LogP contribution in [0.1, 0.15) is 22.7 Å². The zero-order chi connectivity index (χ0) is 23.7. The maximum Gasteiger partial charge on any atom is 0.264 e. The van der Waals surface area contributed by atoms with Crippen molar-refractivity contribution in [3.8, 4) is 0 Å². The Labute approximate surface area is 198 Å². The van der Waals surface area contributed by atoms with Gasteiger partial charge >= 0.3 is 0 Å². The number of benzene rings is 3. The van der Waals surface area contributed by atoms with Crippen LogP contribution in [0.4, 0.5) is 5.69 Å². The molecular weight excluding hydrogens is 426 g/mol. The molecule has 1 aliphatic rings. The molecule has 5 rings (SSSR count). The summed E-state index contributed by atoms with van der Waals surface area (Å²) in [7, 11) is 1.72. The summed E-state index contributed by atoms with van der Waals surface area (Å²) in [4.78, 5) is 31.2. The van der Waals surface area contributed by atoms with Crippen LogP contribution in [0, 0.1) is 0 Å². The highest BCUT2D eigenvalue weighted by Crippen LogP contribution is 2.33. The van der Waals surface area contributed by atoms with Crippen LogP contribution in [0.15, 0.2) is 85.1 Å². The lowest BCUT2D eigenvalue weighted by atomic mass is 9.97. The Balaban J connectivity index is 1.39. The third kappa shape index (κ3) is 4.07. The molecular formula is C27H27N5O2. The zero-order valence-electron chi connectivity index (χ0n) is 18.9. The molecule has 0 aliphatic carbocycles. The predicted molar refractivity (Wildman–Crippen MR) is 133 cm³/mol. The highest BCUT2D eigenvalue weighted by atomic mass is 16.2. The van der Waals surface area contributed by atoms with E-state index in [1.807, 2.05) is 85.1 Å². The first-order valence-electron chi connectivity index (χ1n) is 11.3. The van der Waals surface area contributed by atoms with Crippen LogP contribution in [0.25, 0.3) is 10.9 Å². The molecule has 0 fully saturated rings. The van der Waals surface area contributed by atoms with E-state index in [-0.39, 0.29) is 17.9 Å². The molecule has 4 aromatic rings. The molecule has 34 heavy (non-hydrogen) atoms. The second kappa shape index (κ2) is 9.13. The number of aromatic amines is 1. The standard InChI is InChI=1S/C27H27N5O2/c1-32-23-14-8-6-12-20(23)24(17-9-3-2-4-10-17)30-25(27(32)34)31-26(33)21(28)15-18-16-29-22-13-7-5-11-19(18)22/h2-14,16,21,24-25,29-30H,15,28H2,1H3,(H,31,33)/t21-,24?,25-/m0/s1. The van der Waals surface area contributed by atoms with Crippen LogP contribution in [0.2, 0.25) is 0 Å². The molecule has 5 N–H and O–H groups in total. The topological polar surface area (TPSA) is 103 Å². The molecule has 2 amide bonds. The van der Waals surface area contributed by atoms with Crippen LogP contribution in [0.3, 0.4) is 0 Å². The van der Waals surface area contributed by atoms with Gasteiger partial charge in [-0.1, -0.05) is 66.7 Å². The number of anilines is 1. The number of likely N-dealkylation sites (N-methyl/N-ethyl adjacent to an activating group) is 1. The van der Waals surface area contributed by atoms with Crippen LogP contribution < -0.4 is 21.3 Å². The molecule has 1 unspecified atom stereocenters. The van der Waals surface area contributed by atoms with Crippen molar-refractivity contribution in [1.82, 2.24) is 15.6 Å². The van der Waals surface area contributed by atoms with Gasteiger partial charge in [0.05, 0.1) is 12.1 Å². The minimum absolute atomic E-state index is 0.251. The molecule has 1 aliphatic heterocycles. The summed E-state index contributed by atoms with van der Waals surface area (Å²) in [6, 6.07) is 24.5. The van der Waals surface area contributed by atoms with E-state index in [9.17, 15) is 9.59 Å². The summed E-state index contributed by atoms with van der Waals surface area (Å²) >= 11 is 0. The number of carbonyl (C=O) groups excluding carboxylic acids is 2. The second-order valence-corrected chi connectivity index (χ2v) is 8.58. The molecule has 1 aromatic heterocycles. The number of amides is 2. The number of H-pyrrole nitrogens is 1. The Morgan fingerprint density at radius 2 is 1.74 bits per heavy atom. The lowest BCUT2D eigenvalue weighted by Crippen LogP contribution is -2.58. The average molecular weight is 454 g/mol. The number of para-hydroxylation sites is 2. The fourth-order valence-corrected chi connectivity index (χ4v) is 4.58. The summed E-state index contributed by atoms with van der Waals surface area (Å²) in [5.74, 6) is -0.638. The quantitative estimate of drug-likeness (QED) is 0.373. The molecule has 7 nitrogen and oxygen atoms in total. The van der Waals surface area contributed by atoms with Crippen molar-refractivity contribution in [3.05, 3.63) is 102 Å². The predicted octanol–water partition coefficient (Wildman–Crippen LogP) is 2.84. The summed E-state index contributed by atoms with van der Waals surface area (Å²) in [5, 5.41) is 7.25. The van der Waals surface area contributed by atoms with Crippen LogP contribution in [-0.4, -0.2) is 36.1 Å². The molecule has 2 heterocycles. The van der Waals surface area contributed by atoms with Crippen LogP contribution in [-0.2, 0) is 16.0 Å². The van der Waals surface area contributed by atoms with Crippen molar-refractivity contribution in [3.63, 3.8) is 0 Å². The summed E-state index contributed by atoms with van der Waals surface area (Å²) in [6.07, 6.45) is 1.31. The van der Waals surface area contributed by atoms with E-state index in [0.717, 1.165) is 33.3 Å². The Morgan fingerprint density at radius 3 is 2.56 bits per heavy atom. The number of nitrogens with two attached hydrogens (primary N) is 1. The van der Waals surface area contributed by atoms with E-state index in [1.165, 1.54) is 0 Å². The monoisotopic (exact) mass is 453 g/mol. The maximum absolute atomic E-state index is 13.3. The van der Waals surface area contributed by atoms with Gasteiger partial charge in [-0.15, -0.1) is 0 Å². The molecule has 0 saturated heterocycles. The molecule has 0 radical (unpaired) electrons. The van der Waals surface area contributed by atoms with Gasteiger partial charge in [0.2, 0.25) is 5.91 Å². The van der Waals surface area contributed by atoms with Gasteiger partial charge in [0.1, 0.15) is 0 Å². The SMILES string of the molecule is CN1C(=O)[C@H](NC(=O)[C@@H](N)Cc2c[nH]c3ccccc23)NC(c2ccccc2)c2ccccc21. The Kier molecular flexibility index (Phi) is 5.88. The first-order valence-corrected chi connectivity index (χ1v) is 11.3. The molecule has 0 bridgehead atoms. The molecule has 172 valence electrons. The van der Waals surface area contributed by atoms with E-state index in [2.05, 4.69) is 15.6 Å². The zero-order valence-corrected chi connectivity index (χ0v) is 18.9. The number of aromatic nitrogens is 1. The van der Waals surface area contributed by atoms with Gasteiger partial charge in [0, 0.05) is 29.8 Å². The van der Waals surface area contributed by atoms with Gasteiger partial charge in [0.15, 0.2) is 6.17 Å². The minimum atomic E-state index is -0.927. The fraction of sp³-hybridized carbons (Fsp3) is 0.185. The van der Waals surface area contributed by atoms with Gasteiger partial charge in [-0.25, -0.2) is 0 Å². The first kappa shape index (κ1) is 21.9. The number of hydrogen-bond acceptors (Lipinski definition) is 4. The van der Waals surface area contributed by atoms with Crippen molar-refractivity contribution < 1.29 is 9.59 Å².